The number of nitrogens with two attached hydrogens (primary N) is 1. The van der Waals surface area contributed by atoms with Crippen molar-refractivity contribution in [2.24, 2.45) is 11.1 Å². The molecular weight excluding hydrogens is 228 g/mol. The van der Waals surface area contributed by atoms with Crippen molar-refractivity contribution in [2.75, 3.05) is 0 Å². The van der Waals surface area contributed by atoms with E-state index in [1.807, 2.05) is 11.3 Å². The fourth-order valence-corrected chi connectivity index (χ4v) is 4.20. The van der Waals surface area contributed by atoms with Gasteiger partial charge in [0, 0.05) is 16.8 Å². The average Bonchev–Trinajstić information content (AvgIpc) is 2.41. The van der Waals surface area contributed by atoms with Crippen molar-refractivity contribution in [2.45, 2.75) is 65.3 Å². The van der Waals surface area contributed by atoms with Crippen LogP contribution in [0.15, 0.2) is 0 Å². The lowest BCUT2D eigenvalue weighted by Gasteiger charge is -2.42. The van der Waals surface area contributed by atoms with Gasteiger partial charge >= 0.3 is 0 Å². The van der Waals surface area contributed by atoms with Gasteiger partial charge in [-0.1, -0.05) is 20.3 Å². The Balaban J connectivity index is 2.11. The predicted octanol–water partition coefficient (Wildman–Crippen LogP) is 3.60. The summed E-state index contributed by atoms with van der Waals surface area (Å²) in [6, 6.07) is 0. The lowest BCUT2D eigenvalue weighted by Crippen LogP contribution is -2.48. The molecule has 0 spiro atoms. The van der Waals surface area contributed by atoms with Crippen molar-refractivity contribution in [3.8, 4) is 0 Å². The molecule has 1 heterocycles. The number of aromatic nitrogens is 1. The minimum Gasteiger partial charge on any atom is -0.325 e. The molecule has 1 aromatic heterocycles. The predicted molar refractivity (Wildman–Crippen MR) is 74.5 cm³/mol. The molecule has 0 saturated heterocycles. The molecular formula is C14H24N2S. The highest BCUT2D eigenvalue weighted by Crippen LogP contribution is 2.41. The third-order valence-corrected chi connectivity index (χ3v) is 5.01. The second-order valence-corrected chi connectivity index (χ2v) is 7.77. The molecule has 0 aliphatic heterocycles. The summed E-state index contributed by atoms with van der Waals surface area (Å²) in [4.78, 5) is 5.97. The third kappa shape index (κ3) is 3.08. The van der Waals surface area contributed by atoms with Crippen LogP contribution >= 0.6 is 11.3 Å². The Kier molecular flexibility index (Phi) is 3.34. The van der Waals surface area contributed by atoms with Crippen molar-refractivity contribution in [1.29, 1.82) is 0 Å². The van der Waals surface area contributed by atoms with Crippen molar-refractivity contribution in [3.63, 3.8) is 0 Å². The maximum Gasteiger partial charge on any atom is 0.0949 e. The Bertz CT molecular complexity index is 389. The van der Waals surface area contributed by atoms with Gasteiger partial charge in [0.15, 0.2) is 0 Å². The topological polar surface area (TPSA) is 38.9 Å². The van der Waals surface area contributed by atoms with E-state index in [1.54, 1.807) is 0 Å². The number of nitrogens with zero attached hydrogens (tertiary/aromatic N) is 1. The summed E-state index contributed by atoms with van der Waals surface area (Å²) in [7, 11) is 0. The van der Waals surface area contributed by atoms with E-state index in [9.17, 15) is 0 Å². The Hall–Kier alpha value is -0.410. The van der Waals surface area contributed by atoms with Crippen LogP contribution < -0.4 is 5.73 Å². The van der Waals surface area contributed by atoms with Gasteiger partial charge in [0.05, 0.1) is 10.7 Å². The first kappa shape index (κ1) is 13.0. The molecule has 2 nitrogen and oxygen atoms in total. The van der Waals surface area contributed by atoms with E-state index in [-0.39, 0.29) is 5.54 Å². The highest BCUT2D eigenvalue weighted by molar-refractivity contribution is 7.11. The number of hydrogen-bond donors (Lipinski definition) is 1. The molecule has 1 aliphatic carbocycles. The van der Waals surface area contributed by atoms with E-state index >= 15 is 0 Å². The van der Waals surface area contributed by atoms with Crippen molar-refractivity contribution in [3.05, 3.63) is 15.6 Å². The second kappa shape index (κ2) is 4.36. The Labute approximate surface area is 109 Å². The summed E-state index contributed by atoms with van der Waals surface area (Å²) < 4.78 is 0. The molecule has 2 N–H and O–H groups in total. The molecule has 1 atom stereocenters. The monoisotopic (exact) mass is 252 g/mol. The summed E-state index contributed by atoms with van der Waals surface area (Å²) in [6.07, 6.45) is 5.79. The maximum absolute atomic E-state index is 6.59. The highest BCUT2D eigenvalue weighted by Gasteiger charge is 2.37. The fourth-order valence-electron chi connectivity index (χ4n) is 3.12. The SMILES string of the molecule is Cc1nc(CC2(N)CCCC(C)(C)C2)sc1C. The molecule has 0 radical (unpaired) electrons. The number of aryl methyl sites for hydroxylation is 2. The molecule has 0 amide bonds. The van der Waals surface area contributed by atoms with E-state index < -0.39 is 0 Å². The van der Waals surface area contributed by atoms with Crippen LogP contribution in [0.5, 0.6) is 0 Å². The zero-order chi connectivity index (χ0) is 12.7. The van der Waals surface area contributed by atoms with Gasteiger partial charge in [0.2, 0.25) is 0 Å². The van der Waals surface area contributed by atoms with E-state index in [0.29, 0.717) is 5.41 Å². The summed E-state index contributed by atoms with van der Waals surface area (Å²) in [5.41, 5.74) is 8.13. The largest absolute Gasteiger partial charge is 0.325 e. The minimum absolute atomic E-state index is 0.0293. The van der Waals surface area contributed by atoms with E-state index in [2.05, 4.69) is 32.7 Å². The van der Waals surface area contributed by atoms with Gasteiger partial charge in [-0.05, 0) is 38.5 Å². The fraction of sp³-hybridized carbons (Fsp3) is 0.786. The minimum atomic E-state index is -0.0293. The number of rotatable bonds is 2. The second-order valence-electron chi connectivity index (χ2n) is 6.48. The number of hydrogen-bond acceptors (Lipinski definition) is 3. The van der Waals surface area contributed by atoms with Crippen molar-refractivity contribution >= 4 is 11.3 Å². The zero-order valence-electron chi connectivity index (χ0n) is 11.5. The normalized spacial score (nSPS) is 28.3. The van der Waals surface area contributed by atoms with Crippen LogP contribution in [0.25, 0.3) is 0 Å². The van der Waals surface area contributed by atoms with Crippen LogP contribution in [-0.2, 0) is 6.42 Å². The quantitative estimate of drug-likeness (QED) is 0.873. The first-order valence-corrected chi connectivity index (χ1v) is 7.33. The summed E-state index contributed by atoms with van der Waals surface area (Å²) in [6.45, 7) is 8.91. The molecule has 0 bridgehead atoms. The van der Waals surface area contributed by atoms with Gasteiger partial charge in [0.1, 0.15) is 0 Å². The first-order chi connectivity index (χ1) is 7.80. The molecule has 1 aromatic rings. The van der Waals surface area contributed by atoms with Crippen LogP contribution in [0.1, 0.15) is 55.1 Å². The maximum atomic E-state index is 6.59. The molecule has 2 rings (SSSR count). The molecule has 1 unspecified atom stereocenters. The Morgan fingerprint density at radius 2 is 2.00 bits per heavy atom. The van der Waals surface area contributed by atoms with Gasteiger partial charge in [0.25, 0.3) is 0 Å². The molecule has 3 heteroatoms. The molecule has 0 aromatic carbocycles. The van der Waals surface area contributed by atoms with E-state index in [4.69, 9.17) is 5.73 Å². The van der Waals surface area contributed by atoms with E-state index in [0.717, 1.165) is 19.3 Å². The number of thiazole rings is 1. The standard InChI is InChI=1S/C14H24N2S/c1-10-11(2)17-12(16-10)8-14(15)7-5-6-13(3,4)9-14/h5-9,15H2,1-4H3. The lowest BCUT2D eigenvalue weighted by atomic mass is 9.67. The van der Waals surface area contributed by atoms with Crippen LogP contribution in [0.4, 0.5) is 0 Å². The van der Waals surface area contributed by atoms with E-state index in [1.165, 1.54) is 28.4 Å². The summed E-state index contributed by atoms with van der Waals surface area (Å²) in [5, 5.41) is 1.22. The van der Waals surface area contributed by atoms with Crippen LogP contribution in [-0.4, -0.2) is 10.5 Å². The van der Waals surface area contributed by atoms with Gasteiger partial charge in [-0.15, -0.1) is 11.3 Å². The van der Waals surface area contributed by atoms with Crippen molar-refractivity contribution in [1.82, 2.24) is 4.98 Å². The molecule has 96 valence electrons. The average molecular weight is 252 g/mol. The van der Waals surface area contributed by atoms with Crippen molar-refractivity contribution < 1.29 is 0 Å². The van der Waals surface area contributed by atoms with Crippen LogP contribution in [0.3, 0.4) is 0 Å². The summed E-state index contributed by atoms with van der Waals surface area (Å²) in [5.74, 6) is 0. The first-order valence-electron chi connectivity index (χ1n) is 6.52. The van der Waals surface area contributed by atoms with Gasteiger partial charge in [-0.25, -0.2) is 4.98 Å². The summed E-state index contributed by atoms with van der Waals surface area (Å²) >= 11 is 1.82. The third-order valence-electron chi connectivity index (χ3n) is 3.93. The zero-order valence-corrected chi connectivity index (χ0v) is 12.3. The van der Waals surface area contributed by atoms with Crippen LogP contribution in [0.2, 0.25) is 0 Å². The lowest BCUT2D eigenvalue weighted by molar-refractivity contribution is 0.151. The van der Waals surface area contributed by atoms with Gasteiger partial charge in [-0.3, -0.25) is 0 Å². The molecule has 1 saturated carbocycles. The Morgan fingerprint density at radius 3 is 2.53 bits per heavy atom. The van der Waals surface area contributed by atoms with Gasteiger partial charge < -0.3 is 5.73 Å². The van der Waals surface area contributed by atoms with Gasteiger partial charge in [-0.2, -0.15) is 0 Å². The van der Waals surface area contributed by atoms with Crippen LogP contribution in [0, 0.1) is 19.3 Å². The Morgan fingerprint density at radius 1 is 1.29 bits per heavy atom. The molecule has 17 heavy (non-hydrogen) atoms. The highest BCUT2D eigenvalue weighted by atomic mass is 32.1. The molecule has 1 aliphatic rings. The molecule has 1 fully saturated rings. The smallest absolute Gasteiger partial charge is 0.0949 e.